The predicted octanol–water partition coefficient (Wildman–Crippen LogP) is 0.904. The molecular weight excluding hydrogens is 238 g/mol. The molecule has 0 saturated carbocycles. The van der Waals surface area contributed by atoms with E-state index in [1.807, 2.05) is 30.3 Å². The third-order valence-electron chi connectivity index (χ3n) is 2.06. The van der Waals surface area contributed by atoms with Crippen LogP contribution < -0.4 is 5.32 Å². The van der Waals surface area contributed by atoms with Crippen LogP contribution in [0.5, 0.6) is 0 Å². The van der Waals surface area contributed by atoms with Gasteiger partial charge in [0.2, 0.25) is 5.91 Å². The SMILES string of the molecule is C=CCS(=O)(=O)CC(=O)NCc1ccccc1. The number of amides is 1. The molecule has 5 heteroatoms. The molecule has 0 heterocycles. The minimum atomic E-state index is -3.37. The number of benzene rings is 1. The van der Waals surface area contributed by atoms with Crippen LogP contribution in [0.25, 0.3) is 0 Å². The fourth-order valence-electron chi connectivity index (χ4n) is 1.29. The Labute approximate surface area is 101 Å². The van der Waals surface area contributed by atoms with E-state index in [1.165, 1.54) is 6.08 Å². The molecule has 1 rings (SSSR count). The van der Waals surface area contributed by atoms with Gasteiger partial charge in [-0.2, -0.15) is 0 Å². The summed E-state index contributed by atoms with van der Waals surface area (Å²) in [5.41, 5.74) is 0.932. The summed E-state index contributed by atoms with van der Waals surface area (Å²) in [6.07, 6.45) is 1.28. The van der Waals surface area contributed by atoms with Gasteiger partial charge in [0.05, 0.1) is 5.75 Å². The number of hydrogen-bond donors (Lipinski definition) is 1. The third kappa shape index (κ3) is 5.31. The number of nitrogens with one attached hydrogen (secondary N) is 1. The van der Waals surface area contributed by atoms with E-state index in [2.05, 4.69) is 11.9 Å². The van der Waals surface area contributed by atoms with Crippen LogP contribution in [0.4, 0.5) is 0 Å². The Bertz CT molecular complexity index is 480. The minimum Gasteiger partial charge on any atom is -0.351 e. The Morgan fingerprint density at radius 1 is 1.29 bits per heavy atom. The van der Waals surface area contributed by atoms with Gasteiger partial charge in [0.25, 0.3) is 0 Å². The Hall–Kier alpha value is -1.62. The summed E-state index contributed by atoms with van der Waals surface area (Å²) in [5, 5.41) is 2.56. The maximum absolute atomic E-state index is 11.4. The zero-order valence-corrected chi connectivity index (χ0v) is 10.2. The number of rotatable bonds is 6. The molecule has 0 aliphatic heterocycles. The molecular formula is C12H15NO3S. The summed E-state index contributed by atoms with van der Waals surface area (Å²) in [7, 11) is -3.37. The number of carbonyl (C=O) groups excluding carboxylic acids is 1. The molecule has 1 N–H and O–H groups in total. The highest BCUT2D eigenvalue weighted by atomic mass is 32.2. The van der Waals surface area contributed by atoms with Crippen LogP contribution in [0, 0.1) is 0 Å². The van der Waals surface area contributed by atoms with E-state index in [0.29, 0.717) is 6.54 Å². The summed E-state index contributed by atoms with van der Waals surface area (Å²) in [6.45, 7) is 3.67. The lowest BCUT2D eigenvalue weighted by atomic mass is 10.2. The zero-order valence-electron chi connectivity index (χ0n) is 9.43. The van der Waals surface area contributed by atoms with Gasteiger partial charge in [0, 0.05) is 6.54 Å². The number of carbonyl (C=O) groups is 1. The first-order valence-corrected chi connectivity index (χ1v) is 6.97. The predicted molar refractivity (Wildman–Crippen MR) is 67.1 cm³/mol. The highest BCUT2D eigenvalue weighted by Gasteiger charge is 2.14. The second-order valence-corrected chi connectivity index (χ2v) is 5.71. The molecule has 92 valence electrons. The van der Waals surface area contributed by atoms with Crippen molar-refractivity contribution in [3.8, 4) is 0 Å². The van der Waals surface area contributed by atoms with E-state index in [-0.39, 0.29) is 5.75 Å². The van der Waals surface area contributed by atoms with Crippen molar-refractivity contribution in [1.29, 1.82) is 0 Å². The fraction of sp³-hybridized carbons (Fsp3) is 0.250. The summed E-state index contributed by atoms with van der Waals surface area (Å²) in [5.74, 6) is -1.16. The molecule has 0 aliphatic carbocycles. The van der Waals surface area contributed by atoms with Gasteiger partial charge in [-0.1, -0.05) is 36.4 Å². The second-order valence-electron chi connectivity index (χ2n) is 3.61. The molecule has 1 aromatic rings. The largest absolute Gasteiger partial charge is 0.351 e. The molecule has 4 nitrogen and oxygen atoms in total. The zero-order chi connectivity index (χ0) is 12.7. The van der Waals surface area contributed by atoms with Crippen molar-refractivity contribution < 1.29 is 13.2 Å². The lowest BCUT2D eigenvalue weighted by Gasteiger charge is -2.05. The lowest BCUT2D eigenvalue weighted by Crippen LogP contribution is -2.30. The maximum Gasteiger partial charge on any atom is 0.235 e. The first kappa shape index (κ1) is 13.4. The summed E-state index contributed by atoms with van der Waals surface area (Å²) >= 11 is 0. The maximum atomic E-state index is 11.4. The van der Waals surface area contributed by atoms with Crippen molar-refractivity contribution in [1.82, 2.24) is 5.32 Å². The average Bonchev–Trinajstić information content (AvgIpc) is 2.27. The standard InChI is InChI=1S/C12H15NO3S/c1-2-8-17(15,16)10-12(14)13-9-11-6-4-3-5-7-11/h2-7H,1,8-10H2,(H,13,14). The summed E-state index contributed by atoms with van der Waals surface area (Å²) in [6, 6.07) is 9.31. The smallest absolute Gasteiger partial charge is 0.235 e. The van der Waals surface area contributed by atoms with Gasteiger partial charge in [-0.15, -0.1) is 6.58 Å². The quantitative estimate of drug-likeness (QED) is 0.766. The van der Waals surface area contributed by atoms with Crippen molar-refractivity contribution in [2.75, 3.05) is 11.5 Å². The van der Waals surface area contributed by atoms with Crippen molar-refractivity contribution in [3.05, 3.63) is 48.6 Å². The molecule has 1 aromatic carbocycles. The van der Waals surface area contributed by atoms with Gasteiger partial charge in [-0.3, -0.25) is 4.79 Å². The highest BCUT2D eigenvalue weighted by molar-refractivity contribution is 7.92. The Balaban J connectivity index is 2.44. The molecule has 1 amide bonds. The van der Waals surface area contributed by atoms with Gasteiger partial charge in [-0.05, 0) is 5.56 Å². The van der Waals surface area contributed by atoms with E-state index in [9.17, 15) is 13.2 Å². The Kier molecular flexibility index (Phi) is 4.90. The van der Waals surface area contributed by atoms with E-state index >= 15 is 0 Å². The molecule has 0 saturated heterocycles. The topological polar surface area (TPSA) is 63.2 Å². The van der Waals surface area contributed by atoms with Crippen LogP contribution in [0.1, 0.15) is 5.56 Å². The van der Waals surface area contributed by atoms with Crippen LogP contribution in [0.2, 0.25) is 0 Å². The molecule has 0 radical (unpaired) electrons. The number of sulfone groups is 1. The van der Waals surface area contributed by atoms with Crippen LogP contribution in [0.3, 0.4) is 0 Å². The third-order valence-corrected chi connectivity index (χ3v) is 3.50. The molecule has 0 fully saturated rings. The van der Waals surface area contributed by atoms with E-state index in [0.717, 1.165) is 5.56 Å². The van der Waals surface area contributed by atoms with E-state index in [4.69, 9.17) is 0 Å². The van der Waals surface area contributed by atoms with Gasteiger partial charge in [0.1, 0.15) is 5.75 Å². The van der Waals surface area contributed by atoms with Crippen LogP contribution >= 0.6 is 0 Å². The summed E-state index contributed by atoms with van der Waals surface area (Å²) in [4.78, 5) is 11.4. The molecule has 0 spiro atoms. The van der Waals surface area contributed by atoms with Crippen molar-refractivity contribution in [2.24, 2.45) is 0 Å². The highest BCUT2D eigenvalue weighted by Crippen LogP contribution is 1.97. The van der Waals surface area contributed by atoms with Gasteiger partial charge < -0.3 is 5.32 Å². The Morgan fingerprint density at radius 3 is 2.53 bits per heavy atom. The van der Waals surface area contributed by atoms with E-state index < -0.39 is 21.5 Å². The average molecular weight is 253 g/mol. The molecule has 17 heavy (non-hydrogen) atoms. The van der Waals surface area contributed by atoms with Gasteiger partial charge >= 0.3 is 0 Å². The van der Waals surface area contributed by atoms with Crippen molar-refractivity contribution in [2.45, 2.75) is 6.54 Å². The fourth-order valence-corrected chi connectivity index (χ4v) is 2.26. The first-order valence-electron chi connectivity index (χ1n) is 5.15. The summed E-state index contributed by atoms with van der Waals surface area (Å²) < 4.78 is 22.6. The van der Waals surface area contributed by atoms with Crippen LogP contribution in [-0.4, -0.2) is 25.8 Å². The first-order chi connectivity index (χ1) is 8.03. The van der Waals surface area contributed by atoms with Crippen molar-refractivity contribution >= 4 is 15.7 Å². The lowest BCUT2D eigenvalue weighted by molar-refractivity contribution is -0.118. The molecule has 0 bridgehead atoms. The van der Waals surface area contributed by atoms with Crippen LogP contribution in [0.15, 0.2) is 43.0 Å². The minimum absolute atomic E-state index is 0.175. The normalized spacial score (nSPS) is 10.8. The molecule has 0 aliphatic rings. The molecule has 0 atom stereocenters. The molecule has 0 unspecified atom stereocenters. The Morgan fingerprint density at radius 2 is 1.94 bits per heavy atom. The number of hydrogen-bond acceptors (Lipinski definition) is 3. The molecule has 0 aromatic heterocycles. The monoisotopic (exact) mass is 253 g/mol. The van der Waals surface area contributed by atoms with Gasteiger partial charge in [0.15, 0.2) is 9.84 Å². The van der Waals surface area contributed by atoms with Crippen molar-refractivity contribution in [3.63, 3.8) is 0 Å². The van der Waals surface area contributed by atoms with E-state index in [1.54, 1.807) is 0 Å². The van der Waals surface area contributed by atoms with Gasteiger partial charge in [-0.25, -0.2) is 8.42 Å². The van der Waals surface area contributed by atoms with Crippen LogP contribution in [-0.2, 0) is 21.2 Å². The second kappa shape index (κ2) is 6.20.